The highest BCUT2D eigenvalue weighted by Gasteiger charge is 2.40. The van der Waals surface area contributed by atoms with Crippen LogP contribution in [0.3, 0.4) is 0 Å². The second-order valence-corrected chi connectivity index (χ2v) is 6.22. The van der Waals surface area contributed by atoms with Gasteiger partial charge in [0.05, 0.1) is 6.42 Å². The normalized spacial score (nSPS) is 24.1. The van der Waals surface area contributed by atoms with Crippen molar-refractivity contribution < 1.29 is 14.6 Å². The molecule has 4 nitrogen and oxygen atoms in total. The molecule has 0 aliphatic carbocycles. The first-order valence-corrected chi connectivity index (χ1v) is 7.48. The molecule has 1 spiro atoms. The number of fused-ring (bicyclic) bond motifs is 1. The zero-order chi connectivity index (χ0) is 15.0. The van der Waals surface area contributed by atoms with E-state index in [1.54, 1.807) is 0 Å². The van der Waals surface area contributed by atoms with Gasteiger partial charge in [-0.15, -0.1) is 0 Å². The van der Waals surface area contributed by atoms with Crippen molar-refractivity contribution in [1.29, 1.82) is 0 Å². The van der Waals surface area contributed by atoms with Crippen molar-refractivity contribution >= 4 is 23.6 Å². The minimum absolute atomic E-state index is 0.172. The van der Waals surface area contributed by atoms with E-state index in [-0.39, 0.29) is 12.0 Å². The summed E-state index contributed by atoms with van der Waals surface area (Å²) in [4.78, 5) is 12.8. The Labute approximate surface area is 129 Å². The second-order valence-electron chi connectivity index (χ2n) is 5.81. The smallest absolute Gasteiger partial charge is 0.304 e. The van der Waals surface area contributed by atoms with E-state index in [4.69, 9.17) is 21.4 Å². The molecule has 2 aliphatic rings. The van der Waals surface area contributed by atoms with Crippen LogP contribution in [0.1, 0.15) is 24.0 Å². The number of carboxylic acid groups (broad SMARTS) is 1. The summed E-state index contributed by atoms with van der Waals surface area (Å²) in [5.41, 5.74) is 1.67. The average molecular weight is 308 g/mol. The van der Waals surface area contributed by atoms with Gasteiger partial charge in [-0.2, -0.15) is 0 Å². The van der Waals surface area contributed by atoms with E-state index in [1.807, 2.05) is 19.1 Å². The number of hydrogen-bond donors (Lipinski definition) is 1. The first-order chi connectivity index (χ1) is 9.97. The highest BCUT2D eigenvalue weighted by Crippen LogP contribution is 2.38. The van der Waals surface area contributed by atoms with Crippen molar-refractivity contribution in [2.75, 3.05) is 19.6 Å². The van der Waals surface area contributed by atoms with E-state index in [0.29, 0.717) is 6.54 Å². The maximum Gasteiger partial charge on any atom is 0.304 e. The zero-order valence-corrected chi connectivity index (χ0v) is 12.7. The maximum atomic E-state index is 10.7. The number of ether oxygens (including phenoxy) is 1. The van der Waals surface area contributed by atoms with Crippen LogP contribution in [0.4, 0.5) is 0 Å². The molecule has 1 unspecified atom stereocenters. The quantitative estimate of drug-likeness (QED) is 0.932. The summed E-state index contributed by atoms with van der Waals surface area (Å²) in [6.45, 7) is 4.13. The predicted octanol–water partition coefficient (Wildman–Crippen LogP) is 2.97. The van der Waals surface area contributed by atoms with E-state index in [0.717, 1.165) is 41.4 Å². The van der Waals surface area contributed by atoms with Crippen LogP contribution in [0.15, 0.2) is 18.2 Å². The number of carbonyl (C=O) groups is 1. The fourth-order valence-corrected chi connectivity index (χ4v) is 3.10. The monoisotopic (exact) mass is 307 g/mol. The van der Waals surface area contributed by atoms with Gasteiger partial charge in [0.1, 0.15) is 11.4 Å². The molecule has 1 saturated heterocycles. The Kier molecular flexibility index (Phi) is 3.68. The number of likely N-dealkylation sites (tertiary alicyclic amines) is 1. The number of nitrogens with zero attached hydrogens (tertiary/aromatic N) is 1. The summed E-state index contributed by atoms with van der Waals surface area (Å²) in [5.74, 6) is 0.103. The highest BCUT2D eigenvalue weighted by atomic mass is 35.5. The van der Waals surface area contributed by atoms with Gasteiger partial charge in [-0.05, 0) is 30.7 Å². The third kappa shape index (κ3) is 2.92. The van der Waals surface area contributed by atoms with Gasteiger partial charge in [-0.3, -0.25) is 9.69 Å². The number of hydrogen-bond acceptors (Lipinski definition) is 3. The SMILES string of the molecule is Cc1cc2c(cc1Cl)C=CC1(CCN(CCC(=O)O)C1)O2. The lowest BCUT2D eigenvalue weighted by Crippen LogP contribution is -2.39. The van der Waals surface area contributed by atoms with E-state index >= 15 is 0 Å². The number of halogens is 1. The van der Waals surface area contributed by atoms with Gasteiger partial charge >= 0.3 is 5.97 Å². The molecular weight excluding hydrogens is 290 g/mol. The summed E-state index contributed by atoms with van der Waals surface area (Å²) in [6, 6.07) is 3.90. The Hall–Kier alpha value is -1.52. The molecule has 5 heteroatoms. The van der Waals surface area contributed by atoms with Crippen LogP contribution in [0, 0.1) is 6.92 Å². The Morgan fingerprint density at radius 1 is 1.52 bits per heavy atom. The Balaban J connectivity index is 1.75. The summed E-state index contributed by atoms with van der Waals surface area (Å²) < 4.78 is 6.22. The van der Waals surface area contributed by atoms with Crippen LogP contribution in [0.5, 0.6) is 5.75 Å². The van der Waals surface area contributed by atoms with Gasteiger partial charge in [-0.1, -0.05) is 17.7 Å². The Morgan fingerprint density at radius 2 is 2.33 bits per heavy atom. The van der Waals surface area contributed by atoms with E-state index in [2.05, 4.69) is 17.1 Å². The maximum absolute atomic E-state index is 10.7. The molecule has 0 saturated carbocycles. The third-order valence-electron chi connectivity index (χ3n) is 4.16. The molecule has 1 atom stereocenters. The lowest BCUT2D eigenvalue weighted by atomic mass is 9.97. The van der Waals surface area contributed by atoms with Gasteiger partial charge in [0.2, 0.25) is 0 Å². The van der Waals surface area contributed by atoms with Crippen LogP contribution in [0.2, 0.25) is 5.02 Å². The molecule has 2 heterocycles. The van der Waals surface area contributed by atoms with Crippen molar-refractivity contribution in [2.24, 2.45) is 0 Å². The molecule has 1 aromatic carbocycles. The number of aliphatic carboxylic acids is 1. The molecular formula is C16H18ClNO3. The van der Waals surface area contributed by atoms with Crippen molar-refractivity contribution in [3.63, 3.8) is 0 Å². The van der Waals surface area contributed by atoms with Crippen LogP contribution in [-0.2, 0) is 4.79 Å². The van der Waals surface area contributed by atoms with Gasteiger partial charge < -0.3 is 9.84 Å². The minimum Gasteiger partial charge on any atom is -0.481 e. The topological polar surface area (TPSA) is 49.8 Å². The molecule has 1 aromatic rings. The Bertz CT molecular complexity index is 614. The largest absolute Gasteiger partial charge is 0.481 e. The van der Waals surface area contributed by atoms with Crippen LogP contribution < -0.4 is 4.74 Å². The molecule has 0 radical (unpaired) electrons. The van der Waals surface area contributed by atoms with Gasteiger partial charge in [0.15, 0.2) is 0 Å². The fourth-order valence-electron chi connectivity index (χ4n) is 2.93. The average Bonchev–Trinajstić information content (AvgIpc) is 2.82. The lowest BCUT2D eigenvalue weighted by molar-refractivity contribution is -0.137. The summed E-state index contributed by atoms with van der Waals surface area (Å²) in [5, 5.41) is 9.52. The first kappa shape index (κ1) is 14.4. The van der Waals surface area contributed by atoms with Crippen molar-refractivity contribution in [2.45, 2.75) is 25.4 Å². The molecule has 3 rings (SSSR count). The number of aryl methyl sites for hydroxylation is 1. The lowest BCUT2D eigenvalue weighted by Gasteiger charge is -2.32. The Morgan fingerprint density at radius 3 is 3.10 bits per heavy atom. The minimum atomic E-state index is -0.758. The van der Waals surface area contributed by atoms with Crippen molar-refractivity contribution in [3.05, 3.63) is 34.4 Å². The molecule has 0 aromatic heterocycles. The number of benzene rings is 1. The van der Waals surface area contributed by atoms with Crippen molar-refractivity contribution in [1.82, 2.24) is 4.90 Å². The number of carboxylic acids is 1. The summed E-state index contributed by atoms with van der Waals surface area (Å²) in [7, 11) is 0. The zero-order valence-electron chi connectivity index (χ0n) is 11.9. The van der Waals surface area contributed by atoms with Gasteiger partial charge in [0, 0.05) is 36.6 Å². The molecule has 21 heavy (non-hydrogen) atoms. The van der Waals surface area contributed by atoms with Gasteiger partial charge in [-0.25, -0.2) is 0 Å². The molecule has 1 fully saturated rings. The third-order valence-corrected chi connectivity index (χ3v) is 4.56. The standard InChI is InChI=1S/C16H18ClNO3/c1-11-8-14-12(9-13(11)17)2-4-16(21-14)5-7-18(10-16)6-3-15(19)20/h2,4,8-9H,3,5-7,10H2,1H3,(H,19,20). The van der Waals surface area contributed by atoms with Crippen LogP contribution >= 0.6 is 11.6 Å². The summed E-state index contributed by atoms with van der Waals surface area (Å²) >= 11 is 6.14. The molecule has 112 valence electrons. The molecule has 0 amide bonds. The van der Waals surface area contributed by atoms with Crippen molar-refractivity contribution in [3.8, 4) is 5.75 Å². The van der Waals surface area contributed by atoms with E-state index in [9.17, 15) is 4.79 Å². The van der Waals surface area contributed by atoms with Crippen LogP contribution in [0.25, 0.3) is 6.08 Å². The predicted molar refractivity (Wildman–Crippen MR) is 81.9 cm³/mol. The fraction of sp³-hybridized carbons (Fsp3) is 0.438. The highest BCUT2D eigenvalue weighted by molar-refractivity contribution is 6.31. The summed E-state index contributed by atoms with van der Waals surface area (Å²) in [6.07, 6.45) is 5.20. The second kappa shape index (κ2) is 5.35. The van der Waals surface area contributed by atoms with E-state index in [1.165, 1.54) is 0 Å². The number of rotatable bonds is 3. The van der Waals surface area contributed by atoms with Gasteiger partial charge in [0.25, 0.3) is 0 Å². The molecule has 0 bridgehead atoms. The van der Waals surface area contributed by atoms with E-state index < -0.39 is 5.97 Å². The van der Waals surface area contributed by atoms with Crippen LogP contribution in [-0.4, -0.2) is 41.2 Å². The molecule has 2 aliphatic heterocycles. The first-order valence-electron chi connectivity index (χ1n) is 7.10. The molecule has 1 N–H and O–H groups in total.